The zero-order valence-corrected chi connectivity index (χ0v) is 8.97. The summed E-state index contributed by atoms with van der Waals surface area (Å²) in [6.45, 7) is 12.6. The van der Waals surface area contributed by atoms with Crippen molar-refractivity contribution in [3.05, 3.63) is 0 Å². The predicted octanol–water partition coefficient (Wildman–Crippen LogP) is 2.57. The highest BCUT2D eigenvalue weighted by atomic mass is 16.7. The topological polar surface area (TPSA) is 18.5 Å². The summed E-state index contributed by atoms with van der Waals surface area (Å²) in [4.78, 5) is 0. The summed E-state index contributed by atoms with van der Waals surface area (Å²) in [6, 6.07) is 0. The molecule has 0 saturated carbocycles. The summed E-state index contributed by atoms with van der Waals surface area (Å²) in [7, 11) is 0. The van der Waals surface area contributed by atoms with Crippen LogP contribution in [0.3, 0.4) is 0 Å². The fraction of sp³-hybridized carbons (Fsp3) is 1.00. The van der Waals surface area contributed by atoms with Gasteiger partial charge in [0.25, 0.3) is 0 Å². The Morgan fingerprint density at radius 2 is 1.17 bits per heavy atom. The minimum Gasteiger partial charge on any atom is -0.347 e. The molecule has 0 amide bonds. The zero-order valence-electron chi connectivity index (χ0n) is 8.97. The van der Waals surface area contributed by atoms with Crippen molar-refractivity contribution < 1.29 is 9.47 Å². The average Bonchev–Trinajstić information content (AvgIpc) is 1.80. The highest BCUT2D eigenvalue weighted by Gasteiger charge is 2.45. The number of hydrogen-bond acceptors (Lipinski definition) is 2. The Kier molecular flexibility index (Phi) is 2.26. The fourth-order valence-corrected chi connectivity index (χ4v) is 1.92. The molecule has 1 aliphatic rings. The highest BCUT2D eigenvalue weighted by molar-refractivity contribution is 4.91. The van der Waals surface area contributed by atoms with E-state index in [4.69, 9.17) is 9.47 Å². The molecule has 0 aromatic carbocycles. The van der Waals surface area contributed by atoms with Crippen LogP contribution in [-0.2, 0) is 9.47 Å². The van der Waals surface area contributed by atoms with Gasteiger partial charge in [-0.2, -0.15) is 0 Å². The van der Waals surface area contributed by atoms with Crippen molar-refractivity contribution in [1.29, 1.82) is 0 Å². The summed E-state index contributed by atoms with van der Waals surface area (Å²) in [5.41, 5.74) is -0.164. The Morgan fingerprint density at radius 1 is 0.833 bits per heavy atom. The van der Waals surface area contributed by atoms with E-state index in [1.807, 2.05) is 6.92 Å². The molecule has 0 bridgehead atoms. The minimum atomic E-state index is -0.0915. The van der Waals surface area contributed by atoms with Crippen molar-refractivity contribution in [2.45, 2.75) is 59.0 Å². The van der Waals surface area contributed by atoms with Crippen LogP contribution < -0.4 is 0 Å². The van der Waals surface area contributed by atoms with E-state index in [2.05, 4.69) is 34.6 Å². The van der Waals surface area contributed by atoms with Gasteiger partial charge >= 0.3 is 0 Å². The van der Waals surface area contributed by atoms with Gasteiger partial charge in [-0.25, -0.2) is 0 Å². The molecule has 72 valence electrons. The van der Waals surface area contributed by atoms with Crippen LogP contribution in [0.1, 0.15) is 41.5 Å². The van der Waals surface area contributed by atoms with Crippen molar-refractivity contribution in [1.82, 2.24) is 0 Å². The van der Waals surface area contributed by atoms with E-state index in [0.29, 0.717) is 5.92 Å². The SMILES string of the molecule is CC1OC(C)(C)C(C)C(C)(C)O1. The molecule has 0 spiro atoms. The maximum Gasteiger partial charge on any atom is 0.156 e. The molecule has 1 saturated heterocycles. The first-order valence-corrected chi connectivity index (χ1v) is 4.61. The van der Waals surface area contributed by atoms with Gasteiger partial charge in [0.1, 0.15) is 0 Å². The third kappa shape index (κ3) is 1.64. The van der Waals surface area contributed by atoms with Gasteiger partial charge in [-0.3, -0.25) is 0 Å². The van der Waals surface area contributed by atoms with Gasteiger partial charge in [-0.05, 0) is 34.6 Å². The fourth-order valence-electron chi connectivity index (χ4n) is 1.92. The molecule has 12 heavy (non-hydrogen) atoms. The number of rotatable bonds is 0. The molecule has 1 fully saturated rings. The predicted molar refractivity (Wildman–Crippen MR) is 49.0 cm³/mol. The van der Waals surface area contributed by atoms with Crippen LogP contribution in [-0.4, -0.2) is 17.5 Å². The van der Waals surface area contributed by atoms with Crippen molar-refractivity contribution in [2.75, 3.05) is 0 Å². The van der Waals surface area contributed by atoms with Gasteiger partial charge in [0.15, 0.2) is 6.29 Å². The van der Waals surface area contributed by atoms with Crippen LogP contribution in [0.25, 0.3) is 0 Å². The van der Waals surface area contributed by atoms with Crippen molar-refractivity contribution in [3.63, 3.8) is 0 Å². The average molecular weight is 172 g/mol. The van der Waals surface area contributed by atoms with E-state index in [1.54, 1.807) is 0 Å². The second-order valence-electron chi connectivity index (χ2n) is 4.73. The first kappa shape index (κ1) is 10.0. The lowest BCUT2D eigenvalue weighted by Crippen LogP contribution is -2.55. The van der Waals surface area contributed by atoms with Crippen LogP contribution in [0.15, 0.2) is 0 Å². The van der Waals surface area contributed by atoms with Crippen molar-refractivity contribution >= 4 is 0 Å². The van der Waals surface area contributed by atoms with Crippen molar-refractivity contribution in [3.8, 4) is 0 Å². The first-order valence-electron chi connectivity index (χ1n) is 4.61. The summed E-state index contributed by atoms with van der Waals surface area (Å²) in [5.74, 6) is 0.404. The summed E-state index contributed by atoms with van der Waals surface area (Å²) in [5, 5.41) is 0. The Bertz CT molecular complexity index is 155. The van der Waals surface area contributed by atoms with Crippen LogP contribution >= 0.6 is 0 Å². The Labute approximate surface area is 75.2 Å². The lowest BCUT2D eigenvalue weighted by Gasteiger charge is -2.49. The summed E-state index contributed by atoms with van der Waals surface area (Å²) >= 11 is 0. The third-order valence-corrected chi connectivity index (χ3v) is 3.03. The quantitative estimate of drug-likeness (QED) is 0.559. The molecule has 1 aliphatic heterocycles. The monoisotopic (exact) mass is 172 g/mol. The standard InChI is InChI=1S/C10H20O2/c1-7-9(3,4)11-8(2)12-10(7,5)6/h7-8H,1-6H3. The molecule has 1 heterocycles. The van der Waals surface area contributed by atoms with Gasteiger partial charge in [0.2, 0.25) is 0 Å². The minimum absolute atomic E-state index is 0.0822. The molecule has 0 radical (unpaired) electrons. The van der Waals surface area contributed by atoms with Gasteiger partial charge in [0, 0.05) is 5.92 Å². The Balaban J connectivity index is 2.84. The second-order valence-corrected chi connectivity index (χ2v) is 4.73. The molecule has 2 nitrogen and oxygen atoms in total. The summed E-state index contributed by atoms with van der Waals surface area (Å²) < 4.78 is 11.4. The molecule has 0 aromatic heterocycles. The van der Waals surface area contributed by atoms with E-state index in [0.717, 1.165) is 0 Å². The Morgan fingerprint density at radius 3 is 1.50 bits per heavy atom. The van der Waals surface area contributed by atoms with Crippen molar-refractivity contribution in [2.24, 2.45) is 5.92 Å². The highest BCUT2D eigenvalue weighted by Crippen LogP contribution is 2.39. The second kappa shape index (κ2) is 2.71. The molecule has 0 unspecified atom stereocenters. The van der Waals surface area contributed by atoms with Gasteiger partial charge < -0.3 is 9.47 Å². The maximum absolute atomic E-state index is 5.70. The first-order chi connectivity index (χ1) is 5.26. The lowest BCUT2D eigenvalue weighted by atomic mass is 9.79. The van der Waals surface area contributed by atoms with E-state index >= 15 is 0 Å². The molecular weight excluding hydrogens is 152 g/mol. The van der Waals surface area contributed by atoms with Crippen LogP contribution in [0.5, 0.6) is 0 Å². The van der Waals surface area contributed by atoms with E-state index in [1.165, 1.54) is 0 Å². The van der Waals surface area contributed by atoms with Crippen LogP contribution in [0.4, 0.5) is 0 Å². The molecule has 0 aromatic rings. The smallest absolute Gasteiger partial charge is 0.156 e. The molecular formula is C10H20O2. The third-order valence-electron chi connectivity index (χ3n) is 3.03. The lowest BCUT2D eigenvalue weighted by molar-refractivity contribution is -0.318. The van der Waals surface area contributed by atoms with Gasteiger partial charge in [-0.15, -0.1) is 0 Å². The maximum atomic E-state index is 5.70. The molecule has 0 N–H and O–H groups in total. The molecule has 0 atom stereocenters. The molecule has 0 aliphatic carbocycles. The van der Waals surface area contributed by atoms with Crippen LogP contribution in [0.2, 0.25) is 0 Å². The molecule has 2 heteroatoms. The Hall–Kier alpha value is -0.0800. The van der Waals surface area contributed by atoms with E-state index in [-0.39, 0.29) is 17.5 Å². The number of ether oxygens (including phenoxy) is 2. The number of hydrogen-bond donors (Lipinski definition) is 0. The molecule has 1 rings (SSSR count). The zero-order chi connectivity index (χ0) is 9.57. The van der Waals surface area contributed by atoms with Gasteiger partial charge in [0.05, 0.1) is 11.2 Å². The normalized spacial score (nSPS) is 39.5. The van der Waals surface area contributed by atoms with Gasteiger partial charge in [-0.1, -0.05) is 6.92 Å². The van der Waals surface area contributed by atoms with E-state index < -0.39 is 0 Å². The largest absolute Gasteiger partial charge is 0.347 e. The summed E-state index contributed by atoms with van der Waals surface area (Å²) in [6.07, 6.45) is -0.0915. The van der Waals surface area contributed by atoms with Crippen LogP contribution in [0, 0.1) is 5.92 Å². The van der Waals surface area contributed by atoms with E-state index in [9.17, 15) is 0 Å².